The summed E-state index contributed by atoms with van der Waals surface area (Å²) in [7, 11) is 0. The van der Waals surface area contributed by atoms with Crippen LogP contribution >= 0.6 is 0 Å². The SMILES string of the molecule is CC(=O)C(Cc1ccccc1)(Cc1ccccc1)n1nnc2ccccc21. The van der Waals surface area contributed by atoms with Crippen LogP contribution in [0.2, 0.25) is 0 Å². The maximum Gasteiger partial charge on any atom is 0.158 e. The fraction of sp³-hybridized carbons (Fsp3) is 0.174. The lowest BCUT2D eigenvalue weighted by molar-refractivity contribution is -0.126. The molecule has 4 nitrogen and oxygen atoms in total. The highest BCUT2D eigenvalue weighted by atomic mass is 16.1. The second-order valence-corrected chi connectivity index (χ2v) is 6.90. The molecule has 0 saturated heterocycles. The lowest BCUT2D eigenvalue weighted by atomic mass is 9.81. The zero-order chi connectivity index (χ0) is 18.7. The summed E-state index contributed by atoms with van der Waals surface area (Å²) in [6.45, 7) is 1.66. The van der Waals surface area contributed by atoms with Gasteiger partial charge in [-0.2, -0.15) is 0 Å². The van der Waals surface area contributed by atoms with E-state index in [1.54, 1.807) is 6.92 Å². The van der Waals surface area contributed by atoms with Gasteiger partial charge < -0.3 is 0 Å². The van der Waals surface area contributed by atoms with E-state index in [-0.39, 0.29) is 5.78 Å². The Morgan fingerprint density at radius 2 is 1.33 bits per heavy atom. The number of Topliss-reactive ketones (excluding diaryl/α,β-unsaturated/α-hetero) is 1. The van der Waals surface area contributed by atoms with E-state index >= 15 is 0 Å². The van der Waals surface area contributed by atoms with Crippen molar-refractivity contribution in [1.29, 1.82) is 0 Å². The van der Waals surface area contributed by atoms with E-state index in [1.807, 2.05) is 65.3 Å². The Morgan fingerprint density at radius 1 is 0.815 bits per heavy atom. The maximum atomic E-state index is 13.1. The van der Waals surface area contributed by atoms with Gasteiger partial charge >= 0.3 is 0 Å². The molecule has 4 rings (SSSR count). The lowest BCUT2D eigenvalue weighted by Gasteiger charge is -2.32. The molecule has 0 atom stereocenters. The van der Waals surface area contributed by atoms with Gasteiger partial charge in [0.25, 0.3) is 0 Å². The van der Waals surface area contributed by atoms with E-state index in [1.165, 1.54) is 0 Å². The van der Waals surface area contributed by atoms with Gasteiger partial charge in [-0.1, -0.05) is 78.0 Å². The summed E-state index contributed by atoms with van der Waals surface area (Å²) >= 11 is 0. The molecule has 27 heavy (non-hydrogen) atoms. The second kappa shape index (κ2) is 7.16. The van der Waals surface area contributed by atoms with E-state index in [9.17, 15) is 4.79 Å². The normalized spacial score (nSPS) is 11.6. The molecule has 0 unspecified atom stereocenters. The fourth-order valence-electron chi connectivity index (χ4n) is 3.66. The van der Waals surface area contributed by atoms with Crippen molar-refractivity contribution in [3.63, 3.8) is 0 Å². The van der Waals surface area contributed by atoms with Crippen molar-refractivity contribution in [2.75, 3.05) is 0 Å². The highest BCUT2D eigenvalue weighted by molar-refractivity contribution is 5.87. The van der Waals surface area contributed by atoms with Crippen molar-refractivity contribution in [2.24, 2.45) is 0 Å². The van der Waals surface area contributed by atoms with Crippen LogP contribution in [0.5, 0.6) is 0 Å². The Balaban J connectivity index is 1.90. The van der Waals surface area contributed by atoms with Crippen LogP contribution in [0.1, 0.15) is 18.1 Å². The molecule has 0 aliphatic heterocycles. The molecular weight excluding hydrogens is 334 g/mol. The second-order valence-electron chi connectivity index (χ2n) is 6.90. The van der Waals surface area contributed by atoms with Crippen LogP contribution < -0.4 is 0 Å². The largest absolute Gasteiger partial charge is 0.297 e. The van der Waals surface area contributed by atoms with Gasteiger partial charge in [0.1, 0.15) is 11.1 Å². The minimum atomic E-state index is -0.835. The van der Waals surface area contributed by atoms with Crippen LogP contribution in [0.25, 0.3) is 11.0 Å². The molecule has 0 amide bonds. The maximum absolute atomic E-state index is 13.1. The Kier molecular flexibility index (Phi) is 4.55. The fourth-order valence-corrected chi connectivity index (χ4v) is 3.66. The van der Waals surface area contributed by atoms with E-state index in [2.05, 4.69) is 34.6 Å². The smallest absolute Gasteiger partial charge is 0.158 e. The molecule has 0 N–H and O–H groups in total. The molecule has 1 heterocycles. The van der Waals surface area contributed by atoms with E-state index < -0.39 is 5.54 Å². The molecule has 3 aromatic carbocycles. The van der Waals surface area contributed by atoms with E-state index in [0.29, 0.717) is 12.8 Å². The van der Waals surface area contributed by atoms with Crippen molar-refractivity contribution in [3.05, 3.63) is 96.1 Å². The Bertz CT molecular complexity index is 1010. The quantitative estimate of drug-likeness (QED) is 0.521. The zero-order valence-corrected chi connectivity index (χ0v) is 15.2. The number of carbonyl (C=O) groups excluding carboxylic acids is 1. The molecule has 4 aromatic rings. The monoisotopic (exact) mass is 355 g/mol. The van der Waals surface area contributed by atoms with Gasteiger partial charge in [0.2, 0.25) is 0 Å². The molecule has 0 radical (unpaired) electrons. The third kappa shape index (κ3) is 3.26. The van der Waals surface area contributed by atoms with Gasteiger partial charge in [-0.3, -0.25) is 4.79 Å². The zero-order valence-electron chi connectivity index (χ0n) is 15.2. The van der Waals surface area contributed by atoms with Crippen LogP contribution in [-0.2, 0) is 23.2 Å². The van der Waals surface area contributed by atoms with Crippen molar-refractivity contribution >= 4 is 16.8 Å². The van der Waals surface area contributed by atoms with Gasteiger partial charge in [-0.25, -0.2) is 4.68 Å². The number of nitrogens with zero attached hydrogens (tertiary/aromatic N) is 3. The standard InChI is InChI=1S/C23H21N3O/c1-18(27)23(16-19-10-4-2-5-11-19,17-20-12-6-3-7-13-20)26-22-15-9-8-14-21(22)24-25-26/h2-15H,16-17H2,1H3. The van der Waals surface area contributed by atoms with Crippen LogP contribution in [0.3, 0.4) is 0 Å². The van der Waals surface area contributed by atoms with Gasteiger partial charge in [0, 0.05) is 12.8 Å². The molecule has 0 fully saturated rings. The summed E-state index contributed by atoms with van der Waals surface area (Å²) < 4.78 is 1.82. The average molecular weight is 355 g/mol. The summed E-state index contributed by atoms with van der Waals surface area (Å²) in [6, 6.07) is 28.0. The predicted molar refractivity (Wildman–Crippen MR) is 106 cm³/mol. The number of hydrogen-bond acceptors (Lipinski definition) is 3. The number of aromatic nitrogens is 3. The summed E-state index contributed by atoms with van der Waals surface area (Å²) in [5.41, 5.74) is 3.04. The molecule has 0 bridgehead atoms. The summed E-state index contributed by atoms with van der Waals surface area (Å²) in [4.78, 5) is 13.1. The van der Waals surface area contributed by atoms with Crippen molar-refractivity contribution in [2.45, 2.75) is 25.3 Å². The summed E-state index contributed by atoms with van der Waals surface area (Å²) in [6.07, 6.45) is 1.12. The van der Waals surface area contributed by atoms with Crippen LogP contribution in [-0.4, -0.2) is 20.8 Å². The van der Waals surface area contributed by atoms with Gasteiger partial charge in [0.15, 0.2) is 5.78 Å². The highest BCUT2D eigenvalue weighted by Gasteiger charge is 2.40. The minimum Gasteiger partial charge on any atom is -0.297 e. The first-order valence-electron chi connectivity index (χ1n) is 9.09. The van der Waals surface area contributed by atoms with Crippen LogP contribution in [0, 0.1) is 0 Å². The average Bonchev–Trinajstić information content (AvgIpc) is 3.13. The van der Waals surface area contributed by atoms with Crippen molar-refractivity contribution in [3.8, 4) is 0 Å². The van der Waals surface area contributed by atoms with E-state index in [0.717, 1.165) is 22.2 Å². The number of rotatable bonds is 6. The molecule has 0 aliphatic carbocycles. The first-order valence-corrected chi connectivity index (χ1v) is 9.09. The Hall–Kier alpha value is -3.27. The third-order valence-electron chi connectivity index (χ3n) is 5.09. The molecule has 0 spiro atoms. The number of fused-ring (bicyclic) bond motifs is 1. The number of carbonyl (C=O) groups is 1. The van der Waals surface area contributed by atoms with Crippen LogP contribution in [0.4, 0.5) is 0 Å². The number of ketones is 1. The van der Waals surface area contributed by atoms with Crippen molar-refractivity contribution < 1.29 is 4.79 Å². The molecule has 4 heteroatoms. The van der Waals surface area contributed by atoms with Gasteiger partial charge in [-0.05, 0) is 30.2 Å². The van der Waals surface area contributed by atoms with Gasteiger partial charge in [0.05, 0.1) is 5.52 Å². The molecule has 0 aliphatic rings. The van der Waals surface area contributed by atoms with E-state index in [4.69, 9.17) is 0 Å². The highest BCUT2D eigenvalue weighted by Crippen LogP contribution is 2.30. The Morgan fingerprint density at radius 3 is 1.89 bits per heavy atom. The number of para-hydroxylation sites is 1. The third-order valence-corrected chi connectivity index (χ3v) is 5.09. The van der Waals surface area contributed by atoms with Crippen molar-refractivity contribution in [1.82, 2.24) is 15.0 Å². The Labute approximate surface area is 158 Å². The summed E-state index contributed by atoms with van der Waals surface area (Å²) in [5, 5.41) is 8.74. The topological polar surface area (TPSA) is 47.8 Å². The molecule has 1 aromatic heterocycles. The lowest BCUT2D eigenvalue weighted by Crippen LogP contribution is -2.45. The summed E-state index contributed by atoms with van der Waals surface area (Å²) in [5.74, 6) is 0.0749. The first-order chi connectivity index (χ1) is 13.2. The molecule has 0 saturated carbocycles. The molecular formula is C23H21N3O. The molecule has 134 valence electrons. The van der Waals surface area contributed by atoms with Crippen LogP contribution in [0.15, 0.2) is 84.9 Å². The van der Waals surface area contributed by atoms with Gasteiger partial charge in [-0.15, -0.1) is 5.10 Å². The minimum absolute atomic E-state index is 0.0749. The predicted octanol–water partition coefficient (Wildman–Crippen LogP) is 4.20. The number of hydrogen-bond donors (Lipinski definition) is 0. The number of benzene rings is 3. The first kappa shape index (κ1) is 17.2.